The number of aromatic nitrogens is 2. The minimum absolute atomic E-state index is 0.349. The molecule has 1 aromatic carbocycles. The fraction of sp³-hybridized carbons (Fsp3) is 0.357. The van der Waals surface area contributed by atoms with E-state index in [4.69, 9.17) is 9.47 Å². The van der Waals surface area contributed by atoms with E-state index < -0.39 is 0 Å². The van der Waals surface area contributed by atoms with Crippen molar-refractivity contribution in [1.82, 2.24) is 10.2 Å². The number of hydrogen-bond donors (Lipinski definition) is 2. The first-order valence-electron chi connectivity index (χ1n) is 6.18. The molecule has 1 aromatic heterocycles. The predicted molar refractivity (Wildman–Crippen MR) is 75.9 cm³/mol. The van der Waals surface area contributed by atoms with Crippen molar-refractivity contribution in [2.75, 3.05) is 19.5 Å². The van der Waals surface area contributed by atoms with E-state index in [1.165, 1.54) is 0 Å². The number of methoxy groups -OCH3 is 2. The maximum Gasteiger partial charge on any atom is 0.161 e. The van der Waals surface area contributed by atoms with E-state index in [1.54, 1.807) is 14.2 Å². The molecule has 0 aliphatic heterocycles. The Hall–Kier alpha value is -2.17. The van der Waals surface area contributed by atoms with Crippen LogP contribution >= 0.6 is 0 Å². The summed E-state index contributed by atoms with van der Waals surface area (Å²) in [7, 11) is 3.25. The first kappa shape index (κ1) is 13.3. The Morgan fingerprint density at radius 1 is 1.11 bits per heavy atom. The molecule has 0 amide bonds. The van der Waals surface area contributed by atoms with Crippen molar-refractivity contribution < 1.29 is 9.47 Å². The third-order valence-corrected chi connectivity index (χ3v) is 2.71. The van der Waals surface area contributed by atoms with Gasteiger partial charge in [-0.25, -0.2) is 0 Å². The van der Waals surface area contributed by atoms with E-state index in [2.05, 4.69) is 29.4 Å². The maximum absolute atomic E-state index is 5.29. The lowest BCUT2D eigenvalue weighted by Gasteiger charge is -2.08. The van der Waals surface area contributed by atoms with E-state index in [1.807, 2.05) is 24.3 Å². The van der Waals surface area contributed by atoms with Crippen LogP contribution in [0, 0.1) is 0 Å². The number of nitrogens with zero attached hydrogens (tertiary/aromatic N) is 1. The van der Waals surface area contributed by atoms with E-state index in [0.29, 0.717) is 17.5 Å². The third kappa shape index (κ3) is 2.99. The van der Waals surface area contributed by atoms with Crippen LogP contribution in [0.5, 0.6) is 11.5 Å². The van der Waals surface area contributed by atoms with Crippen LogP contribution < -0.4 is 14.8 Å². The molecule has 0 fully saturated rings. The van der Waals surface area contributed by atoms with Gasteiger partial charge in [-0.05, 0) is 32.0 Å². The topological polar surface area (TPSA) is 59.2 Å². The Morgan fingerprint density at radius 3 is 2.47 bits per heavy atom. The predicted octanol–water partition coefficient (Wildman–Crippen LogP) is 2.91. The normalized spacial score (nSPS) is 10.6. The molecule has 0 aliphatic carbocycles. The maximum atomic E-state index is 5.29. The molecule has 2 aromatic rings. The molecule has 1 heterocycles. The highest BCUT2D eigenvalue weighted by atomic mass is 16.5. The average molecular weight is 261 g/mol. The van der Waals surface area contributed by atoms with Gasteiger partial charge in [-0.2, -0.15) is 5.10 Å². The highest BCUT2D eigenvalue weighted by molar-refractivity contribution is 5.66. The summed E-state index contributed by atoms with van der Waals surface area (Å²) in [6, 6.07) is 8.09. The van der Waals surface area contributed by atoms with E-state index >= 15 is 0 Å². The molecular weight excluding hydrogens is 242 g/mol. The van der Waals surface area contributed by atoms with E-state index in [-0.39, 0.29) is 0 Å². The zero-order chi connectivity index (χ0) is 13.8. The lowest BCUT2D eigenvalue weighted by atomic mass is 10.1. The van der Waals surface area contributed by atoms with Crippen LogP contribution in [0.3, 0.4) is 0 Å². The molecule has 0 aliphatic rings. The zero-order valence-corrected chi connectivity index (χ0v) is 11.7. The number of ether oxygens (including phenoxy) is 2. The molecule has 0 bridgehead atoms. The number of aromatic amines is 1. The van der Waals surface area contributed by atoms with Gasteiger partial charge in [0.25, 0.3) is 0 Å². The van der Waals surface area contributed by atoms with Gasteiger partial charge in [-0.3, -0.25) is 5.10 Å². The van der Waals surface area contributed by atoms with Crippen LogP contribution in [-0.4, -0.2) is 30.5 Å². The molecule has 5 heteroatoms. The molecule has 102 valence electrons. The van der Waals surface area contributed by atoms with E-state index in [0.717, 1.165) is 17.1 Å². The van der Waals surface area contributed by atoms with Gasteiger partial charge in [0.05, 0.1) is 19.9 Å². The van der Waals surface area contributed by atoms with Gasteiger partial charge >= 0.3 is 0 Å². The van der Waals surface area contributed by atoms with Crippen LogP contribution in [0.2, 0.25) is 0 Å². The molecule has 0 saturated heterocycles. The summed E-state index contributed by atoms with van der Waals surface area (Å²) in [5.74, 6) is 2.25. The second-order valence-electron chi connectivity index (χ2n) is 4.54. The Balaban J connectivity index is 2.28. The summed E-state index contributed by atoms with van der Waals surface area (Å²) in [5.41, 5.74) is 1.94. The van der Waals surface area contributed by atoms with E-state index in [9.17, 15) is 0 Å². The first-order valence-corrected chi connectivity index (χ1v) is 6.18. The summed E-state index contributed by atoms with van der Waals surface area (Å²) >= 11 is 0. The average Bonchev–Trinajstić information content (AvgIpc) is 2.85. The molecule has 0 unspecified atom stereocenters. The number of hydrogen-bond acceptors (Lipinski definition) is 4. The minimum atomic E-state index is 0.349. The fourth-order valence-corrected chi connectivity index (χ4v) is 1.84. The van der Waals surface area contributed by atoms with Gasteiger partial charge < -0.3 is 14.8 Å². The lowest BCUT2D eigenvalue weighted by molar-refractivity contribution is 0.355. The second-order valence-corrected chi connectivity index (χ2v) is 4.54. The Labute approximate surface area is 112 Å². The number of anilines is 1. The van der Waals surface area contributed by atoms with Gasteiger partial charge in [0.2, 0.25) is 0 Å². The monoisotopic (exact) mass is 261 g/mol. The Morgan fingerprint density at radius 2 is 1.84 bits per heavy atom. The second kappa shape index (κ2) is 5.65. The van der Waals surface area contributed by atoms with Crippen molar-refractivity contribution >= 4 is 5.82 Å². The summed E-state index contributed by atoms with van der Waals surface area (Å²) in [6.45, 7) is 4.15. The largest absolute Gasteiger partial charge is 0.493 e. The molecule has 0 atom stereocenters. The third-order valence-electron chi connectivity index (χ3n) is 2.71. The number of rotatable bonds is 5. The van der Waals surface area contributed by atoms with Crippen LogP contribution in [0.15, 0.2) is 24.3 Å². The Kier molecular flexibility index (Phi) is 3.94. The smallest absolute Gasteiger partial charge is 0.161 e. The van der Waals surface area contributed by atoms with Crippen LogP contribution in [0.4, 0.5) is 5.82 Å². The van der Waals surface area contributed by atoms with Crippen LogP contribution in [0.25, 0.3) is 11.3 Å². The SMILES string of the molecule is COc1ccc(-c2cc(NC(C)C)n[nH]2)cc1OC. The standard InChI is InChI=1S/C14H19N3O2/c1-9(2)15-14-8-11(16-17-14)10-5-6-12(18-3)13(7-10)19-4/h5-9H,1-4H3,(H2,15,16,17). The summed E-state index contributed by atoms with van der Waals surface area (Å²) in [4.78, 5) is 0. The van der Waals surface area contributed by atoms with Gasteiger partial charge in [-0.15, -0.1) is 0 Å². The molecule has 5 nitrogen and oxygen atoms in total. The van der Waals surface area contributed by atoms with Crippen molar-refractivity contribution in [2.45, 2.75) is 19.9 Å². The molecule has 2 N–H and O–H groups in total. The number of H-pyrrole nitrogens is 1. The fourth-order valence-electron chi connectivity index (χ4n) is 1.84. The number of benzene rings is 1. The molecule has 19 heavy (non-hydrogen) atoms. The first-order chi connectivity index (χ1) is 9.13. The summed E-state index contributed by atoms with van der Waals surface area (Å²) < 4.78 is 10.5. The van der Waals surface area contributed by atoms with Crippen molar-refractivity contribution in [3.8, 4) is 22.8 Å². The minimum Gasteiger partial charge on any atom is -0.493 e. The quantitative estimate of drug-likeness (QED) is 0.868. The molecule has 0 spiro atoms. The molecule has 0 radical (unpaired) electrons. The van der Waals surface area contributed by atoms with Gasteiger partial charge in [0.15, 0.2) is 11.5 Å². The zero-order valence-electron chi connectivity index (χ0n) is 11.7. The van der Waals surface area contributed by atoms with Crippen molar-refractivity contribution in [2.24, 2.45) is 0 Å². The molecular formula is C14H19N3O2. The van der Waals surface area contributed by atoms with Gasteiger partial charge in [0.1, 0.15) is 5.82 Å². The number of nitrogens with one attached hydrogen (secondary N) is 2. The summed E-state index contributed by atoms with van der Waals surface area (Å²) in [6.07, 6.45) is 0. The van der Waals surface area contributed by atoms with Gasteiger partial charge in [-0.1, -0.05) is 0 Å². The highest BCUT2D eigenvalue weighted by Crippen LogP contribution is 2.32. The molecule has 0 saturated carbocycles. The highest BCUT2D eigenvalue weighted by Gasteiger charge is 2.09. The summed E-state index contributed by atoms with van der Waals surface area (Å²) in [5, 5.41) is 10.5. The molecule has 2 rings (SSSR count). The van der Waals surface area contributed by atoms with Gasteiger partial charge in [0, 0.05) is 17.7 Å². The van der Waals surface area contributed by atoms with Crippen LogP contribution in [-0.2, 0) is 0 Å². The Bertz CT molecular complexity index is 549. The van der Waals surface area contributed by atoms with Crippen molar-refractivity contribution in [3.05, 3.63) is 24.3 Å². The van der Waals surface area contributed by atoms with Crippen molar-refractivity contribution in [3.63, 3.8) is 0 Å². The van der Waals surface area contributed by atoms with Crippen molar-refractivity contribution in [1.29, 1.82) is 0 Å². The van der Waals surface area contributed by atoms with Crippen LogP contribution in [0.1, 0.15) is 13.8 Å². The lowest BCUT2D eigenvalue weighted by Crippen LogP contribution is -2.09.